The van der Waals surface area contributed by atoms with Crippen LogP contribution in [0.4, 0.5) is 5.00 Å². The average molecular weight is 425 g/mol. The molecule has 2 aliphatic rings. The van der Waals surface area contributed by atoms with Crippen molar-refractivity contribution >= 4 is 51.4 Å². The molecule has 146 valence electrons. The Hall–Kier alpha value is -3.09. The summed E-state index contributed by atoms with van der Waals surface area (Å²) < 4.78 is 0. The molecule has 0 saturated carbocycles. The van der Waals surface area contributed by atoms with Crippen molar-refractivity contribution in [2.45, 2.75) is 25.7 Å². The van der Waals surface area contributed by atoms with Gasteiger partial charge in [-0.2, -0.15) is 5.26 Å². The molecule has 0 fully saturated rings. The van der Waals surface area contributed by atoms with Crippen LogP contribution in [-0.2, 0) is 17.6 Å². The molecule has 2 aromatic rings. The van der Waals surface area contributed by atoms with E-state index in [2.05, 4.69) is 16.7 Å². The second-order valence-electron chi connectivity index (χ2n) is 6.77. The van der Waals surface area contributed by atoms with Crippen LogP contribution in [0.15, 0.2) is 24.3 Å². The fourth-order valence-electron chi connectivity index (χ4n) is 3.60. The van der Waals surface area contributed by atoms with E-state index in [0.29, 0.717) is 10.6 Å². The third kappa shape index (κ3) is 3.52. The molecule has 0 spiro atoms. The predicted octanol–water partition coefficient (Wildman–Crippen LogP) is 2.61. The maximum absolute atomic E-state index is 12.4. The van der Waals surface area contributed by atoms with Crippen molar-refractivity contribution in [2.24, 2.45) is 0 Å². The Kier molecular flexibility index (Phi) is 5.13. The third-order valence-corrected chi connectivity index (χ3v) is 6.35. The van der Waals surface area contributed by atoms with Gasteiger partial charge in [-0.15, -0.1) is 11.3 Å². The van der Waals surface area contributed by atoms with E-state index in [1.807, 2.05) is 0 Å². The molecule has 2 N–H and O–H groups in total. The molecule has 1 aliphatic carbocycles. The highest BCUT2D eigenvalue weighted by atomic mass is 32.1. The zero-order valence-corrected chi connectivity index (χ0v) is 16.9. The molecule has 4 rings (SSSR count). The van der Waals surface area contributed by atoms with Gasteiger partial charge in [-0.3, -0.25) is 19.3 Å². The maximum Gasteiger partial charge on any atom is 0.262 e. The van der Waals surface area contributed by atoms with Crippen LogP contribution in [0, 0.1) is 11.3 Å². The van der Waals surface area contributed by atoms with Gasteiger partial charge < -0.3 is 10.6 Å². The second-order valence-corrected chi connectivity index (χ2v) is 8.28. The van der Waals surface area contributed by atoms with Crippen molar-refractivity contribution in [3.63, 3.8) is 0 Å². The highest BCUT2D eigenvalue weighted by Gasteiger charge is 2.36. The fraction of sp³-hybridized carbons (Fsp3) is 0.250. The monoisotopic (exact) mass is 424 g/mol. The lowest BCUT2D eigenvalue weighted by Gasteiger charge is -2.14. The summed E-state index contributed by atoms with van der Waals surface area (Å²) in [5, 5.41) is 15.6. The normalized spacial score (nSPS) is 14.8. The molecule has 9 heteroatoms. The van der Waals surface area contributed by atoms with Gasteiger partial charge in [-0.25, -0.2) is 0 Å². The van der Waals surface area contributed by atoms with Crippen LogP contribution in [-0.4, -0.2) is 34.3 Å². The van der Waals surface area contributed by atoms with Crippen molar-refractivity contribution in [1.29, 1.82) is 5.26 Å². The summed E-state index contributed by atoms with van der Waals surface area (Å²) in [6.45, 7) is -0.430. The summed E-state index contributed by atoms with van der Waals surface area (Å²) in [6, 6.07) is 8.67. The molecule has 29 heavy (non-hydrogen) atoms. The minimum Gasteiger partial charge on any atom is -0.323 e. The van der Waals surface area contributed by atoms with Gasteiger partial charge in [0.2, 0.25) is 5.91 Å². The van der Waals surface area contributed by atoms with E-state index in [9.17, 15) is 19.6 Å². The lowest BCUT2D eigenvalue weighted by atomic mass is 9.96. The number of thiophene rings is 1. The lowest BCUT2D eigenvalue weighted by Crippen LogP contribution is -2.43. The summed E-state index contributed by atoms with van der Waals surface area (Å²) in [7, 11) is 0. The Balaban J connectivity index is 1.41. The molecule has 3 amide bonds. The van der Waals surface area contributed by atoms with Crippen molar-refractivity contribution in [2.75, 3.05) is 11.9 Å². The zero-order chi connectivity index (χ0) is 20.5. The second kappa shape index (κ2) is 7.73. The molecule has 0 saturated heterocycles. The number of amides is 3. The number of imide groups is 1. The molecule has 2 heterocycles. The van der Waals surface area contributed by atoms with Gasteiger partial charge >= 0.3 is 0 Å². The summed E-state index contributed by atoms with van der Waals surface area (Å²) in [5.41, 5.74) is 2.20. The SMILES string of the molecule is N#Cc1c(NC(=S)NC(=O)CN2C(=O)c3ccccc3C2=O)sc2c1CCCC2. The van der Waals surface area contributed by atoms with Crippen LogP contribution in [0.1, 0.15) is 49.6 Å². The molecular weight excluding hydrogens is 408 g/mol. The first-order chi connectivity index (χ1) is 14.0. The Morgan fingerprint density at radius 2 is 1.83 bits per heavy atom. The molecule has 0 bridgehead atoms. The van der Waals surface area contributed by atoms with Crippen LogP contribution in [0.3, 0.4) is 0 Å². The molecule has 7 nitrogen and oxygen atoms in total. The highest BCUT2D eigenvalue weighted by molar-refractivity contribution is 7.80. The highest BCUT2D eigenvalue weighted by Crippen LogP contribution is 2.37. The average Bonchev–Trinajstić information content (AvgIpc) is 3.18. The van der Waals surface area contributed by atoms with Gasteiger partial charge in [0.15, 0.2) is 5.11 Å². The molecule has 1 aromatic heterocycles. The van der Waals surface area contributed by atoms with Gasteiger partial charge in [0, 0.05) is 4.88 Å². The number of thiocarbonyl (C=S) groups is 1. The third-order valence-electron chi connectivity index (χ3n) is 4.94. The quantitative estimate of drug-likeness (QED) is 0.580. The number of nitriles is 1. The first kappa shape index (κ1) is 19.2. The number of fused-ring (bicyclic) bond motifs is 2. The van der Waals surface area contributed by atoms with Crippen LogP contribution in [0.2, 0.25) is 0 Å². The lowest BCUT2D eigenvalue weighted by molar-refractivity contribution is -0.120. The number of benzene rings is 1. The van der Waals surface area contributed by atoms with Gasteiger partial charge in [0.25, 0.3) is 11.8 Å². The number of anilines is 1. The number of carbonyl (C=O) groups is 3. The van der Waals surface area contributed by atoms with E-state index in [1.54, 1.807) is 24.3 Å². The standard InChI is InChI=1S/C20H16N4O3S2/c21-9-14-11-5-3-4-8-15(11)29-17(14)23-20(28)22-16(25)10-24-18(26)12-6-1-2-7-13(12)19(24)27/h1-2,6-7H,3-5,8,10H2,(H2,22,23,25,28). The summed E-state index contributed by atoms with van der Waals surface area (Å²) in [4.78, 5) is 39.1. The van der Waals surface area contributed by atoms with E-state index in [4.69, 9.17) is 12.2 Å². The Bertz CT molecular complexity index is 1060. The minimum atomic E-state index is -0.586. The first-order valence-corrected chi connectivity index (χ1v) is 10.3. The van der Waals surface area contributed by atoms with Crippen LogP contribution >= 0.6 is 23.6 Å². The van der Waals surface area contributed by atoms with E-state index in [0.717, 1.165) is 36.1 Å². The molecule has 1 aromatic carbocycles. The van der Waals surface area contributed by atoms with Crippen molar-refractivity contribution in [1.82, 2.24) is 10.2 Å². The molecule has 0 radical (unpaired) electrons. The van der Waals surface area contributed by atoms with E-state index in [1.165, 1.54) is 16.2 Å². The number of hydrogen-bond donors (Lipinski definition) is 2. The number of aryl methyl sites for hydroxylation is 1. The van der Waals surface area contributed by atoms with Gasteiger partial charge in [-0.05, 0) is 55.6 Å². The van der Waals surface area contributed by atoms with E-state index in [-0.39, 0.29) is 16.2 Å². The molecular formula is C20H16N4O3S2. The largest absolute Gasteiger partial charge is 0.323 e. The number of nitrogens with one attached hydrogen (secondary N) is 2. The first-order valence-electron chi connectivity index (χ1n) is 9.10. The predicted molar refractivity (Wildman–Crippen MR) is 112 cm³/mol. The smallest absolute Gasteiger partial charge is 0.262 e. The molecule has 0 unspecified atom stereocenters. The van der Waals surface area contributed by atoms with Gasteiger partial charge in [0.05, 0.1) is 16.7 Å². The maximum atomic E-state index is 12.4. The number of rotatable bonds is 3. The van der Waals surface area contributed by atoms with E-state index < -0.39 is 24.3 Å². The summed E-state index contributed by atoms with van der Waals surface area (Å²) in [6.07, 6.45) is 3.96. The number of carbonyl (C=O) groups excluding carboxylic acids is 3. The summed E-state index contributed by atoms with van der Waals surface area (Å²) in [5.74, 6) is -1.59. The van der Waals surface area contributed by atoms with Crippen molar-refractivity contribution in [3.8, 4) is 6.07 Å². The fourth-order valence-corrected chi connectivity index (χ4v) is 5.12. The van der Waals surface area contributed by atoms with Crippen LogP contribution < -0.4 is 10.6 Å². The van der Waals surface area contributed by atoms with Crippen molar-refractivity contribution in [3.05, 3.63) is 51.4 Å². The van der Waals surface area contributed by atoms with Crippen LogP contribution in [0.5, 0.6) is 0 Å². The van der Waals surface area contributed by atoms with Crippen LogP contribution in [0.25, 0.3) is 0 Å². The molecule has 1 aliphatic heterocycles. The Labute approximate surface area is 176 Å². The molecule has 0 atom stereocenters. The van der Waals surface area contributed by atoms with E-state index >= 15 is 0 Å². The van der Waals surface area contributed by atoms with Gasteiger partial charge in [-0.1, -0.05) is 12.1 Å². The Morgan fingerprint density at radius 3 is 2.48 bits per heavy atom. The minimum absolute atomic E-state index is 0.0294. The number of hydrogen-bond acceptors (Lipinski definition) is 6. The Morgan fingerprint density at radius 1 is 1.17 bits per heavy atom. The van der Waals surface area contributed by atoms with Gasteiger partial charge in [0.1, 0.15) is 17.6 Å². The zero-order valence-electron chi connectivity index (χ0n) is 15.3. The van der Waals surface area contributed by atoms with Crippen molar-refractivity contribution < 1.29 is 14.4 Å². The number of nitrogens with zero attached hydrogens (tertiary/aromatic N) is 2. The summed E-state index contributed by atoms with van der Waals surface area (Å²) >= 11 is 6.67. The topological polar surface area (TPSA) is 102 Å².